The van der Waals surface area contributed by atoms with E-state index in [1.165, 1.54) is 31.2 Å². The highest BCUT2D eigenvalue weighted by Gasteiger charge is 2.49. The minimum atomic E-state index is -5.05. The molecule has 2 aromatic carbocycles. The van der Waals surface area contributed by atoms with Crippen molar-refractivity contribution in [3.63, 3.8) is 0 Å². The average molecular weight is 415 g/mol. The molecule has 0 radical (unpaired) electrons. The largest absolute Gasteiger partial charge is 0.475 e. The molecule has 0 spiro atoms. The fourth-order valence-corrected chi connectivity index (χ4v) is 3.03. The maximum Gasteiger partial charge on any atom is 0.429 e. The Balaban J connectivity index is 2.25. The summed E-state index contributed by atoms with van der Waals surface area (Å²) < 4.78 is 59.3. The molecule has 0 fully saturated rings. The van der Waals surface area contributed by atoms with E-state index < -0.39 is 35.4 Å². The molecule has 1 atom stereocenters. The van der Waals surface area contributed by atoms with Crippen LogP contribution in [-0.4, -0.2) is 29.1 Å². The highest BCUT2D eigenvalue weighted by atomic mass is 35.5. The highest BCUT2D eigenvalue weighted by Crippen LogP contribution is 2.44. The van der Waals surface area contributed by atoms with Crippen molar-refractivity contribution in [2.75, 3.05) is 0 Å². The number of halogens is 5. The van der Waals surface area contributed by atoms with Gasteiger partial charge >= 0.3 is 12.1 Å². The molecule has 0 bridgehead atoms. The van der Waals surface area contributed by atoms with Crippen LogP contribution in [0.5, 0.6) is 5.75 Å². The molecule has 1 aliphatic heterocycles. The normalized spacial score (nSPS) is 16.1. The third-order valence-electron chi connectivity index (χ3n) is 4.15. The van der Waals surface area contributed by atoms with Crippen LogP contribution in [0.4, 0.5) is 17.6 Å². The number of benzene rings is 2. The monoisotopic (exact) mass is 414 g/mol. The molecule has 0 unspecified atom stereocenters. The summed E-state index contributed by atoms with van der Waals surface area (Å²) in [5.41, 5.74) is -0.467. The van der Waals surface area contributed by atoms with Crippen LogP contribution in [0.2, 0.25) is 5.02 Å². The van der Waals surface area contributed by atoms with Gasteiger partial charge < -0.3 is 9.84 Å². The first-order valence-electron chi connectivity index (χ1n) is 7.81. The van der Waals surface area contributed by atoms with Crippen LogP contribution in [0.25, 0.3) is 17.2 Å². The number of aryl methyl sites for hydroxylation is 1. The summed E-state index contributed by atoms with van der Waals surface area (Å²) in [6, 6.07) is 6.58. The van der Waals surface area contributed by atoms with Gasteiger partial charge in [0, 0.05) is 16.1 Å². The summed E-state index contributed by atoms with van der Waals surface area (Å²) in [6.07, 6.45) is -7.05. The van der Waals surface area contributed by atoms with Crippen molar-refractivity contribution in [3.05, 3.63) is 57.9 Å². The van der Waals surface area contributed by atoms with Gasteiger partial charge in [0.2, 0.25) is 6.10 Å². The Morgan fingerprint density at radius 3 is 2.43 bits per heavy atom. The maximum atomic E-state index is 13.9. The molecular formula is C19H11ClF4O4. The average Bonchev–Trinajstić information content (AvgIpc) is 2.60. The summed E-state index contributed by atoms with van der Waals surface area (Å²) >= 11 is 6.02. The Kier molecular flexibility index (Phi) is 4.93. The number of aliphatic carboxylic acids is 1. The van der Waals surface area contributed by atoms with Crippen molar-refractivity contribution in [1.82, 2.24) is 0 Å². The highest BCUT2D eigenvalue weighted by molar-refractivity contribution is 6.41. The zero-order chi connectivity index (χ0) is 20.8. The lowest BCUT2D eigenvalue weighted by Gasteiger charge is -2.29. The zero-order valence-corrected chi connectivity index (χ0v) is 14.9. The number of Topliss-reactive ketones (excluding diaryl/α,β-unsaturated/α-hetero) is 1. The number of rotatable bonds is 3. The Bertz CT molecular complexity index is 1030. The number of ketones is 1. The number of carbonyl (C=O) groups excluding carboxylic acids is 1. The van der Waals surface area contributed by atoms with Gasteiger partial charge in [-0.25, -0.2) is 9.18 Å². The first-order valence-corrected chi connectivity index (χ1v) is 8.19. The van der Waals surface area contributed by atoms with E-state index in [1.807, 2.05) is 0 Å². The molecule has 3 rings (SSSR count). The van der Waals surface area contributed by atoms with E-state index in [1.54, 1.807) is 0 Å². The number of carbonyl (C=O) groups is 2. The molecule has 28 heavy (non-hydrogen) atoms. The molecule has 146 valence electrons. The van der Waals surface area contributed by atoms with Crippen molar-refractivity contribution >= 4 is 29.4 Å². The molecule has 0 aromatic heterocycles. The zero-order valence-electron chi connectivity index (χ0n) is 14.1. The SMILES string of the molecule is Cc1ccc(-c2cc(Cl)cc3c2O[C@H](C(F)(F)F)C(C(=O)C(=O)O)=C3)cc1F. The molecule has 9 heteroatoms. The number of fused-ring (bicyclic) bond motifs is 1. The minimum Gasteiger partial charge on any atom is -0.475 e. The van der Waals surface area contributed by atoms with Gasteiger partial charge in [-0.05, 0) is 42.3 Å². The number of carboxylic acids is 1. The predicted octanol–water partition coefficient (Wildman–Crippen LogP) is 4.81. The third kappa shape index (κ3) is 3.60. The molecule has 1 heterocycles. The molecule has 0 saturated heterocycles. The van der Waals surface area contributed by atoms with E-state index >= 15 is 0 Å². The molecule has 0 saturated carbocycles. The second-order valence-electron chi connectivity index (χ2n) is 6.11. The number of ether oxygens (including phenoxy) is 1. The van der Waals surface area contributed by atoms with Crippen LogP contribution < -0.4 is 4.74 Å². The summed E-state index contributed by atoms with van der Waals surface area (Å²) in [7, 11) is 0. The first-order chi connectivity index (χ1) is 13.0. The van der Waals surface area contributed by atoms with Gasteiger partial charge in [0.1, 0.15) is 11.6 Å². The topological polar surface area (TPSA) is 63.6 Å². The van der Waals surface area contributed by atoms with Crippen molar-refractivity contribution in [3.8, 4) is 16.9 Å². The van der Waals surface area contributed by atoms with Gasteiger partial charge in [-0.1, -0.05) is 23.7 Å². The van der Waals surface area contributed by atoms with E-state index in [0.29, 0.717) is 5.56 Å². The third-order valence-corrected chi connectivity index (χ3v) is 4.37. The number of alkyl halides is 3. The predicted molar refractivity (Wildman–Crippen MR) is 92.7 cm³/mol. The molecule has 1 aliphatic rings. The van der Waals surface area contributed by atoms with E-state index in [-0.39, 0.29) is 27.5 Å². The smallest absolute Gasteiger partial charge is 0.429 e. The van der Waals surface area contributed by atoms with Gasteiger partial charge in [-0.2, -0.15) is 13.2 Å². The summed E-state index contributed by atoms with van der Waals surface area (Å²) in [4.78, 5) is 22.7. The van der Waals surface area contributed by atoms with Crippen molar-refractivity contribution in [1.29, 1.82) is 0 Å². The van der Waals surface area contributed by atoms with Crippen molar-refractivity contribution in [2.45, 2.75) is 19.2 Å². The molecule has 0 aliphatic carbocycles. The Labute approximate surface area is 161 Å². The maximum absolute atomic E-state index is 13.9. The van der Waals surface area contributed by atoms with Crippen LogP contribution in [0.3, 0.4) is 0 Å². The Morgan fingerprint density at radius 2 is 1.86 bits per heavy atom. The van der Waals surface area contributed by atoms with Crippen LogP contribution in [-0.2, 0) is 9.59 Å². The first kappa shape index (κ1) is 19.9. The van der Waals surface area contributed by atoms with Gasteiger partial charge in [-0.3, -0.25) is 4.79 Å². The van der Waals surface area contributed by atoms with Crippen LogP contribution >= 0.6 is 11.6 Å². The van der Waals surface area contributed by atoms with Crippen LogP contribution in [0.15, 0.2) is 35.9 Å². The lowest BCUT2D eigenvalue weighted by atomic mass is 9.93. The summed E-state index contributed by atoms with van der Waals surface area (Å²) in [5.74, 6) is -4.64. The van der Waals surface area contributed by atoms with E-state index in [0.717, 1.165) is 12.1 Å². The van der Waals surface area contributed by atoms with Gasteiger partial charge in [0.05, 0.1) is 5.57 Å². The number of hydrogen-bond donors (Lipinski definition) is 1. The molecule has 2 aromatic rings. The Morgan fingerprint density at radius 1 is 1.18 bits per heavy atom. The van der Waals surface area contributed by atoms with Gasteiger partial charge in [-0.15, -0.1) is 0 Å². The van der Waals surface area contributed by atoms with Gasteiger partial charge in [0.15, 0.2) is 0 Å². The molecule has 4 nitrogen and oxygen atoms in total. The van der Waals surface area contributed by atoms with E-state index in [2.05, 4.69) is 0 Å². The molecule has 0 amide bonds. The summed E-state index contributed by atoms with van der Waals surface area (Å²) in [6.45, 7) is 1.52. The lowest BCUT2D eigenvalue weighted by molar-refractivity contribution is -0.185. The van der Waals surface area contributed by atoms with Crippen LogP contribution in [0.1, 0.15) is 11.1 Å². The van der Waals surface area contributed by atoms with Crippen molar-refractivity contribution < 1.29 is 37.0 Å². The second kappa shape index (κ2) is 6.94. The minimum absolute atomic E-state index is 0.0198. The quantitative estimate of drug-likeness (QED) is 0.578. The fraction of sp³-hybridized carbons (Fsp3) is 0.158. The van der Waals surface area contributed by atoms with E-state index in [9.17, 15) is 27.2 Å². The Hall–Kier alpha value is -2.87. The molecule has 1 N–H and O–H groups in total. The molecular weight excluding hydrogens is 404 g/mol. The standard InChI is InChI=1S/C19H11ClF4O4/c1-8-2-3-9(6-14(8)21)12-7-11(20)4-10-5-13(15(25)18(26)27)17(19(22,23)24)28-16(10)12/h2-7,17H,1H3,(H,26,27)/t17-/m0/s1. The second-order valence-corrected chi connectivity index (χ2v) is 6.55. The van der Waals surface area contributed by atoms with E-state index in [4.69, 9.17) is 21.4 Å². The summed E-state index contributed by atoms with van der Waals surface area (Å²) in [5, 5.41) is 8.91. The fourth-order valence-electron chi connectivity index (χ4n) is 2.80. The van der Waals surface area contributed by atoms with Crippen LogP contribution in [0, 0.1) is 12.7 Å². The number of hydrogen-bond acceptors (Lipinski definition) is 3. The lowest BCUT2D eigenvalue weighted by Crippen LogP contribution is -2.42. The van der Waals surface area contributed by atoms with Crippen molar-refractivity contribution in [2.24, 2.45) is 0 Å². The van der Waals surface area contributed by atoms with Gasteiger partial charge in [0.25, 0.3) is 5.78 Å². The number of carboxylic acid groups (broad SMARTS) is 1.